The summed E-state index contributed by atoms with van der Waals surface area (Å²) in [6.07, 6.45) is 12.3. The van der Waals surface area contributed by atoms with E-state index in [4.69, 9.17) is 14.6 Å². The molecule has 12 heteroatoms. The van der Waals surface area contributed by atoms with Crippen molar-refractivity contribution in [3.8, 4) is 33.5 Å². The fraction of sp³-hybridized carbons (Fsp3) is 0.618. The van der Waals surface area contributed by atoms with Crippen LogP contribution in [0.3, 0.4) is 0 Å². The number of pyridine rings is 1. The molecule has 3 aromatic rings. The first-order valence-corrected chi connectivity index (χ1v) is 17.6. The molecule has 2 amide bonds. The van der Waals surface area contributed by atoms with Gasteiger partial charge in [-0.3, -0.25) is 19.2 Å². The van der Waals surface area contributed by atoms with Gasteiger partial charge in [-0.2, -0.15) is 5.10 Å². The normalized spacial score (nSPS) is 26.1. The van der Waals surface area contributed by atoms with E-state index in [0.29, 0.717) is 40.9 Å². The molecule has 0 unspecified atom stereocenters. The van der Waals surface area contributed by atoms with E-state index in [1.807, 2.05) is 19.2 Å². The molecule has 46 heavy (non-hydrogen) atoms. The van der Waals surface area contributed by atoms with Crippen molar-refractivity contribution < 1.29 is 19.1 Å². The fourth-order valence-electron chi connectivity index (χ4n) is 8.06. The first-order valence-electron chi connectivity index (χ1n) is 16.8. The first-order chi connectivity index (χ1) is 22.2. The van der Waals surface area contributed by atoms with Crippen LogP contribution in [0.5, 0.6) is 11.6 Å². The summed E-state index contributed by atoms with van der Waals surface area (Å²) in [6.45, 7) is 6.67. The number of carbonyl (C=O) groups is 2. The third-order valence-electron chi connectivity index (χ3n) is 10.8. The number of thiazole rings is 1. The molecule has 0 bridgehead atoms. The quantitative estimate of drug-likeness (QED) is 0.337. The van der Waals surface area contributed by atoms with Gasteiger partial charge in [0.1, 0.15) is 23.7 Å². The smallest absolute Gasteiger partial charge is 0.225 e. The number of nitrogens with zero attached hydrogens (tertiary/aromatic N) is 6. The number of ether oxygens (including phenoxy) is 2. The molecule has 1 saturated heterocycles. The third kappa shape index (κ3) is 5.78. The molecule has 0 aromatic carbocycles. The number of nitrogens with one attached hydrogen (secondary N) is 1. The molecule has 5 heterocycles. The Balaban J connectivity index is 1.08. The summed E-state index contributed by atoms with van der Waals surface area (Å²) in [4.78, 5) is 40.4. The van der Waals surface area contributed by atoms with E-state index >= 15 is 0 Å². The van der Waals surface area contributed by atoms with E-state index in [0.717, 1.165) is 66.0 Å². The van der Waals surface area contributed by atoms with E-state index in [-0.39, 0.29) is 17.9 Å². The van der Waals surface area contributed by atoms with Gasteiger partial charge in [0.2, 0.25) is 17.7 Å². The van der Waals surface area contributed by atoms with E-state index in [9.17, 15) is 9.59 Å². The Bertz CT molecular complexity index is 1580. The highest BCUT2D eigenvalue weighted by Crippen LogP contribution is 2.50. The van der Waals surface area contributed by atoms with Gasteiger partial charge in [0.05, 0.1) is 18.0 Å². The Morgan fingerprint density at radius 1 is 1.11 bits per heavy atom. The van der Waals surface area contributed by atoms with Crippen molar-refractivity contribution in [2.24, 2.45) is 5.92 Å². The average Bonchev–Trinajstić information content (AvgIpc) is 3.83. The second-order valence-electron chi connectivity index (χ2n) is 13.7. The lowest BCUT2D eigenvalue weighted by molar-refractivity contribution is -0.138. The highest BCUT2D eigenvalue weighted by Gasteiger charge is 2.41. The molecule has 7 rings (SSSR count). The van der Waals surface area contributed by atoms with Gasteiger partial charge in [-0.25, -0.2) is 9.97 Å². The number of anilines is 1. The van der Waals surface area contributed by atoms with Crippen LogP contribution in [0.15, 0.2) is 18.3 Å². The van der Waals surface area contributed by atoms with Crippen molar-refractivity contribution in [1.29, 1.82) is 0 Å². The highest BCUT2D eigenvalue weighted by molar-refractivity contribution is 7.19. The van der Waals surface area contributed by atoms with Crippen LogP contribution < -0.4 is 14.8 Å². The zero-order valence-corrected chi connectivity index (χ0v) is 28.2. The van der Waals surface area contributed by atoms with Gasteiger partial charge >= 0.3 is 0 Å². The molecule has 0 radical (unpaired) electrons. The predicted octanol–water partition coefficient (Wildman–Crippen LogP) is 5.91. The molecule has 11 nitrogen and oxygen atoms in total. The van der Waals surface area contributed by atoms with Gasteiger partial charge in [0.25, 0.3) is 0 Å². The van der Waals surface area contributed by atoms with Crippen LogP contribution in [0.25, 0.3) is 21.8 Å². The SMILES string of the molecule is COc1ccc(-c2nn([C@H]3CC[C@H](C(=O)N(C)[C@H]4CC[C@@](C)(N5CCCC5)CC4)CC3)c3c2OCc2nc(NC(C)=O)sc2-3)cn1. The molecule has 2 aliphatic heterocycles. The topological polar surface area (TPSA) is 115 Å². The van der Waals surface area contributed by atoms with Crippen molar-refractivity contribution in [1.82, 2.24) is 29.5 Å². The monoisotopic (exact) mass is 647 g/mol. The summed E-state index contributed by atoms with van der Waals surface area (Å²) >= 11 is 1.45. The summed E-state index contributed by atoms with van der Waals surface area (Å²) < 4.78 is 13.7. The van der Waals surface area contributed by atoms with Crippen LogP contribution in [0.4, 0.5) is 5.13 Å². The summed E-state index contributed by atoms with van der Waals surface area (Å²) in [5, 5.41) is 8.52. The zero-order chi connectivity index (χ0) is 32.0. The maximum atomic E-state index is 13.8. The Morgan fingerprint density at radius 2 is 1.85 bits per heavy atom. The molecule has 1 N–H and O–H groups in total. The summed E-state index contributed by atoms with van der Waals surface area (Å²) in [5.74, 6) is 1.41. The van der Waals surface area contributed by atoms with E-state index in [1.165, 1.54) is 57.0 Å². The minimum Gasteiger partial charge on any atom is -0.483 e. The number of fused-ring (bicyclic) bond motifs is 3. The standard InChI is InChI=1S/C34H45N7O4S/c1-21(42)36-33-37-26-20-45-30-28(23-9-12-27(44-4)35-19-23)38-41(29(30)31(26)46-33)25-10-7-22(8-11-25)32(43)39(3)24-13-15-34(2,16-14-24)40-17-5-6-18-40/h9,12,19,22,24-25H,5-8,10-11,13-18,20H2,1-4H3,(H,36,37,42)/t22-,24-,25-,34+. The van der Waals surface area contributed by atoms with E-state index in [1.54, 1.807) is 13.3 Å². The second-order valence-corrected chi connectivity index (χ2v) is 14.7. The average molecular weight is 648 g/mol. The van der Waals surface area contributed by atoms with Crippen LogP contribution >= 0.6 is 11.3 Å². The third-order valence-corrected chi connectivity index (χ3v) is 11.8. The predicted molar refractivity (Wildman–Crippen MR) is 177 cm³/mol. The van der Waals surface area contributed by atoms with Crippen molar-refractivity contribution in [2.45, 2.75) is 102 Å². The van der Waals surface area contributed by atoms with Crippen LogP contribution in [0.2, 0.25) is 0 Å². The number of hydrogen-bond acceptors (Lipinski definition) is 9. The number of rotatable bonds is 7. The van der Waals surface area contributed by atoms with Crippen molar-refractivity contribution in [2.75, 3.05) is 32.6 Å². The maximum absolute atomic E-state index is 13.8. The zero-order valence-electron chi connectivity index (χ0n) is 27.4. The molecule has 0 spiro atoms. The number of amides is 2. The second kappa shape index (κ2) is 12.6. The summed E-state index contributed by atoms with van der Waals surface area (Å²) in [6, 6.07) is 4.21. The Morgan fingerprint density at radius 3 is 2.50 bits per heavy atom. The minimum atomic E-state index is -0.160. The first kappa shape index (κ1) is 31.1. The molecule has 0 atom stereocenters. The van der Waals surface area contributed by atoms with Gasteiger partial charge < -0.3 is 19.7 Å². The molecule has 2 aliphatic carbocycles. The van der Waals surface area contributed by atoms with Gasteiger partial charge in [-0.1, -0.05) is 11.3 Å². The molecule has 3 aromatic heterocycles. The molecular weight excluding hydrogens is 602 g/mol. The van der Waals surface area contributed by atoms with Gasteiger partial charge in [-0.05, 0) is 90.3 Å². The fourth-order valence-corrected chi connectivity index (χ4v) is 9.11. The minimum absolute atomic E-state index is 0.0337. The number of likely N-dealkylation sites (tertiary alicyclic amines) is 1. The lowest BCUT2D eigenvalue weighted by atomic mass is 9.78. The number of aromatic nitrogens is 4. The maximum Gasteiger partial charge on any atom is 0.225 e. The molecular formula is C34H45N7O4S. The van der Waals surface area contributed by atoms with Crippen LogP contribution in [0, 0.1) is 5.92 Å². The Kier molecular flexibility index (Phi) is 8.52. The van der Waals surface area contributed by atoms with Crippen LogP contribution in [-0.2, 0) is 16.2 Å². The van der Waals surface area contributed by atoms with Crippen LogP contribution in [0.1, 0.15) is 89.8 Å². The van der Waals surface area contributed by atoms with E-state index < -0.39 is 0 Å². The number of hydrogen-bond donors (Lipinski definition) is 1. The number of carbonyl (C=O) groups excluding carboxylic acids is 2. The summed E-state index contributed by atoms with van der Waals surface area (Å²) in [7, 11) is 3.63. The van der Waals surface area contributed by atoms with Crippen LogP contribution in [-0.4, -0.2) is 80.2 Å². The summed E-state index contributed by atoms with van der Waals surface area (Å²) in [5.41, 5.74) is 3.53. The van der Waals surface area contributed by atoms with Gasteiger partial charge in [0.15, 0.2) is 10.9 Å². The number of methoxy groups -OCH3 is 1. The molecule has 4 aliphatic rings. The van der Waals surface area contributed by atoms with Crippen molar-refractivity contribution >= 4 is 28.3 Å². The van der Waals surface area contributed by atoms with Gasteiger partial charge in [-0.15, -0.1) is 0 Å². The van der Waals surface area contributed by atoms with Gasteiger partial charge in [0, 0.05) is 49.3 Å². The van der Waals surface area contributed by atoms with Crippen molar-refractivity contribution in [3.05, 3.63) is 24.0 Å². The lowest BCUT2D eigenvalue weighted by Gasteiger charge is -2.46. The molecule has 246 valence electrons. The largest absolute Gasteiger partial charge is 0.483 e. The molecule has 3 fully saturated rings. The van der Waals surface area contributed by atoms with E-state index in [2.05, 4.69) is 36.7 Å². The van der Waals surface area contributed by atoms with Crippen molar-refractivity contribution in [3.63, 3.8) is 0 Å². The Labute approximate surface area is 274 Å². The molecule has 2 saturated carbocycles. The lowest BCUT2D eigenvalue weighted by Crippen LogP contribution is -2.51. The Hall–Kier alpha value is -3.51. The highest BCUT2D eigenvalue weighted by atomic mass is 32.1.